The molecular formula is C24H25F3N6O2. The average Bonchev–Trinajstić information content (AvgIpc) is 3.32. The maximum absolute atomic E-state index is 13.2. The van der Waals surface area contributed by atoms with E-state index in [9.17, 15) is 22.8 Å². The first-order chi connectivity index (χ1) is 16.6. The molecule has 184 valence electrons. The minimum Gasteiger partial charge on any atom is -0.336 e. The third kappa shape index (κ3) is 5.86. The Kier molecular flexibility index (Phi) is 6.88. The minimum atomic E-state index is -4.56. The molecule has 1 aromatic heterocycles. The number of aromatic nitrogens is 3. The lowest BCUT2D eigenvalue weighted by atomic mass is 10.1. The predicted molar refractivity (Wildman–Crippen MR) is 123 cm³/mol. The third-order valence-corrected chi connectivity index (χ3v) is 5.76. The molecule has 2 aromatic carbocycles. The number of carbonyl (C=O) groups is 2. The van der Waals surface area contributed by atoms with Crippen LogP contribution in [0.25, 0.3) is 5.69 Å². The van der Waals surface area contributed by atoms with E-state index in [1.54, 1.807) is 4.90 Å². The molecule has 0 bridgehead atoms. The molecule has 1 aliphatic heterocycles. The van der Waals surface area contributed by atoms with E-state index in [0.717, 1.165) is 23.3 Å². The first kappa shape index (κ1) is 24.4. The number of alkyl halides is 3. The summed E-state index contributed by atoms with van der Waals surface area (Å²) in [6.45, 7) is 5.72. The van der Waals surface area contributed by atoms with Gasteiger partial charge < -0.3 is 10.2 Å². The van der Waals surface area contributed by atoms with Crippen molar-refractivity contribution >= 4 is 17.5 Å². The molecule has 4 rings (SSSR count). The van der Waals surface area contributed by atoms with Crippen molar-refractivity contribution in [2.45, 2.75) is 20.0 Å². The summed E-state index contributed by atoms with van der Waals surface area (Å²) in [6.07, 6.45) is -1.97. The second-order valence-electron chi connectivity index (χ2n) is 8.56. The van der Waals surface area contributed by atoms with Gasteiger partial charge in [-0.05, 0) is 44.2 Å². The third-order valence-electron chi connectivity index (χ3n) is 5.76. The van der Waals surface area contributed by atoms with Gasteiger partial charge in [-0.2, -0.15) is 18.3 Å². The summed E-state index contributed by atoms with van der Waals surface area (Å²) in [5.41, 5.74) is 2.05. The number of hydrogen-bond acceptors (Lipinski definition) is 5. The Bertz CT molecular complexity index is 1200. The quantitative estimate of drug-likeness (QED) is 0.599. The maximum Gasteiger partial charge on any atom is 0.416 e. The highest BCUT2D eigenvalue weighted by Gasteiger charge is 2.31. The summed E-state index contributed by atoms with van der Waals surface area (Å²) in [6, 6.07) is 8.78. The first-order valence-corrected chi connectivity index (χ1v) is 11.1. The fraction of sp³-hybridized carbons (Fsp3) is 0.333. The molecule has 35 heavy (non-hydrogen) atoms. The number of nitrogens with one attached hydrogen (secondary N) is 1. The van der Waals surface area contributed by atoms with Crippen LogP contribution in [0.1, 0.15) is 27.0 Å². The van der Waals surface area contributed by atoms with Crippen LogP contribution >= 0.6 is 0 Å². The van der Waals surface area contributed by atoms with E-state index < -0.39 is 17.6 Å². The molecule has 0 radical (unpaired) electrons. The van der Waals surface area contributed by atoms with E-state index in [2.05, 4.69) is 15.4 Å². The van der Waals surface area contributed by atoms with Crippen LogP contribution in [0.5, 0.6) is 0 Å². The molecule has 0 aliphatic carbocycles. The van der Waals surface area contributed by atoms with Crippen LogP contribution in [0.4, 0.5) is 18.9 Å². The summed E-state index contributed by atoms with van der Waals surface area (Å²) in [4.78, 5) is 33.0. The number of hydrogen-bond donors (Lipinski definition) is 1. The molecule has 2 heterocycles. The Hall–Kier alpha value is -3.73. The van der Waals surface area contributed by atoms with Crippen LogP contribution in [0.3, 0.4) is 0 Å². The summed E-state index contributed by atoms with van der Waals surface area (Å²) in [5.74, 6) is -0.512. The van der Waals surface area contributed by atoms with Crippen molar-refractivity contribution in [1.29, 1.82) is 0 Å². The van der Waals surface area contributed by atoms with Crippen molar-refractivity contribution in [3.8, 4) is 5.69 Å². The lowest BCUT2D eigenvalue weighted by Gasteiger charge is -2.34. The zero-order valence-corrected chi connectivity index (χ0v) is 19.3. The molecule has 2 amide bonds. The van der Waals surface area contributed by atoms with Gasteiger partial charge in [0.1, 0.15) is 12.7 Å². The predicted octanol–water partition coefficient (Wildman–Crippen LogP) is 3.30. The standard InChI is InChI=1S/C24H25F3N6O2/c1-16-9-17(2)11-18(10-16)23(35)32-7-5-31(6-8-32)13-22(34)30-20-12-19(24(25,26)27)3-4-21(20)33-15-28-14-29-33/h3-4,9-12,14-15H,5-8,13H2,1-2H3,(H,30,34). The fourth-order valence-electron chi connectivity index (χ4n) is 4.13. The van der Waals surface area contributed by atoms with Gasteiger partial charge in [0.05, 0.1) is 23.5 Å². The number of anilines is 1. The number of benzene rings is 2. The van der Waals surface area contributed by atoms with Gasteiger partial charge in [0, 0.05) is 31.7 Å². The largest absolute Gasteiger partial charge is 0.416 e. The normalized spacial score (nSPS) is 14.7. The Morgan fingerprint density at radius 2 is 1.69 bits per heavy atom. The van der Waals surface area contributed by atoms with Crippen molar-refractivity contribution in [1.82, 2.24) is 24.6 Å². The van der Waals surface area contributed by atoms with Gasteiger partial charge in [0.25, 0.3) is 5.91 Å². The average molecular weight is 486 g/mol. The highest BCUT2D eigenvalue weighted by atomic mass is 19.4. The summed E-state index contributed by atoms with van der Waals surface area (Å²) < 4.78 is 41.0. The van der Waals surface area contributed by atoms with Crippen molar-refractivity contribution in [2.24, 2.45) is 0 Å². The van der Waals surface area contributed by atoms with Crippen molar-refractivity contribution < 1.29 is 22.8 Å². The number of carbonyl (C=O) groups excluding carboxylic acids is 2. The monoisotopic (exact) mass is 486 g/mol. The van der Waals surface area contributed by atoms with Gasteiger partial charge >= 0.3 is 6.18 Å². The van der Waals surface area contributed by atoms with E-state index in [1.807, 2.05) is 36.9 Å². The lowest BCUT2D eigenvalue weighted by Crippen LogP contribution is -2.50. The van der Waals surface area contributed by atoms with E-state index in [-0.39, 0.29) is 23.8 Å². The zero-order chi connectivity index (χ0) is 25.2. The molecule has 8 nitrogen and oxygen atoms in total. The molecule has 1 aliphatic rings. The molecule has 0 atom stereocenters. The second kappa shape index (κ2) is 9.87. The number of rotatable bonds is 5. The van der Waals surface area contributed by atoms with Gasteiger partial charge in [0.15, 0.2) is 0 Å². The van der Waals surface area contributed by atoms with E-state index in [4.69, 9.17) is 0 Å². The molecular weight excluding hydrogens is 461 g/mol. The number of halogens is 3. The van der Waals surface area contributed by atoms with Crippen LogP contribution < -0.4 is 5.32 Å². The van der Waals surface area contributed by atoms with E-state index in [0.29, 0.717) is 31.7 Å². The highest BCUT2D eigenvalue weighted by molar-refractivity contribution is 5.95. The molecule has 0 saturated carbocycles. The summed E-state index contributed by atoms with van der Waals surface area (Å²) in [5, 5.41) is 6.53. The Morgan fingerprint density at radius 1 is 1.00 bits per heavy atom. The molecule has 0 spiro atoms. The number of piperazine rings is 1. The van der Waals surface area contributed by atoms with Gasteiger partial charge in [-0.15, -0.1) is 0 Å². The fourth-order valence-corrected chi connectivity index (χ4v) is 4.13. The highest BCUT2D eigenvalue weighted by Crippen LogP contribution is 2.33. The van der Waals surface area contributed by atoms with Gasteiger partial charge in [0.2, 0.25) is 5.91 Å². The molecule has 3 aromatic rings. The smallest absolute Gasteiger partial charge is 0.336 e. The Balaban J connectivity index is 1.39. The molecule has 1 N–H and O–H groups in total. The maximum atomic E-state index is 13.2. The van der Waals surface area contributed by atoms with Crippen LogP contribution in [0, 0.1) is 13.8 Å². The van der Waals surface area contributed by atoms with Crippen molar-refractivity contribution in [2.75, 3.05) is 38.0 Å². The summed E-state index contributed by atoms with van der Waals surface area (Å²) >= 11 is 0. The summed E-state index contributed by atoms with van der Waals surface area (Å²) in [7, 11) is 0. The SMILES string of the molecule is Cc1cc(C)cc(C(=O)N2CCN(CC(=O)Nc3cc(C(F)(F)F)ccc3-n3cncn3)CC2)c1. The van der Waals surface area contributed by atoms with Crippen LogP contribution in [-0.2, 0) is 11.0 Å². The first-order valence-electron chi connectivity index (χ1n) is 11.1. The van der Waals surface area contributed by atoms with Gasteiger partial charge in [-0.3, -0.25) is 14.5 Å². The van der Waals surface area contributed by atoms with Crippen LogP contribution in [0.2, 0.25) is 0 Å². The van der Waals surface area contributed by atoms with Crippen LogP contribution in [-0.4, -0.2) is 69.1 Å². The lowest BCUT2D eigenvalue weighted by molar-refractivity contribution is -0.137. The molecule has 0 unspecified atom stereocenters. The van der Waals surface area contributed by atoms with E-state index in [1.165, 1.54) is 23.4 Å². The Labute approximate surface area is 200 Å². The topological polar surface area (TPSA) is 83.4 Å². The molecule has 1 saturated heterocycles. The molecule has 11 heteroatoms. The molecule has 1 fully saturated rings. The van der Waals surface area contributed by atoms with Crippen molar-refractivity contribution in [3.63, 3.8) is 0 Å². The number of aryl methyl sites for hydroxylation is 2. The van der Waals surface area contributed by atoms with Gasteiger partial charge in [-0.25, -0.2) is 9.67 Å². The zero-order valence-electron chi connectivity index (χ0n) is 19.3. The number of nitrogens with zero attached hydrogens (tertiary/aromatic N) is 5. The van der Waals surface area contributed by atoms with Crippen molar-refractivity contribution in [3.05, 3.63) is 71.3 Å². The number of amides is 2. The second-order valence-corrected chi connectivity index (χ2v) is 8.56. The Morgan fingerprint density at radius 3 is 2.29 bits per heavy atom. The van der Waals surface area contributed by atoms with E-state index >= 15 is 0 Å². The van der Waals surface area contributed by atoms with Gasteiger partial charge in [-0.1, -0.05) is 17.2 Å². The van der Waals surface area contributed by atoms with Crippen LogP contribution in [0.15, 0.2) is 49.1 Å². The minimum absolute atomic E-state index is 0.0149.